The van der Waals surface area contributed by atoms with Crippen LogP contribution in [0.4, 0.5) is 0 Å². The van der Waals surface area contributed by atoms with Crippen molar-refractivity contribution in [2.75, 3.05) is 13.2 Å². The standard InChI is InChI=1S/C30H50O12/c1-25(2)31-13-15(33-25)17-19(37-27(5,6)35-17)21-23(41-29(9,10)39-21)24-22(40-30(11,12)42-24)20-18(36-28(7,8)38-20)16-14-32-26(3,4)34-16/h15-24H,13-14H2,1-12H3/t15-,16-,17-,18-,19+,20+,21+,22+,23+,24+/m1/s1. The van der Waals surface area contributed by atoms with Crippen molar-refractivity contribution in [3.63, 3.8) is 0 Å². The van der Waals surface area contributed by atoms with E-state index >= 15 is 0 Å². The van der Waals surface area contributed by atoms with Crippen LogP contribution < -0.4 is 0 Å². The molecular formula is C30H50O12. The van der Waals surface area contributed by atoms with Crippen LogP contribution in [0.25, 0.3) is 0 Å². The molecule has 0 unspecified atom stereocenters. The van der Waals surface area contributed by atoms with Gasteiger partial charge in [-0.3, -0.25) is 0 Å². The van der Waals surface area contributed by atoms with E-state index in [0.717, 1.165) is 0 Å². The molecule has 6 heterocycles. The van der Waals surface area contributed by atoms with Crippen LogP contribution in [0.2, 0.25) is 0 Å². The lowest BCUT2D eigenvalue weighted by atomic mass is 9.91. The second kappa shape index (κ2) is 10.0. The van der Waals surface area contributed by atoms with E-state index in [1.54, 1.807) is 0 Å². The lowest BCUT2D eigenvalue weighted by Crippen LogP contribution is -2.55. The molecule has 0 aromatic carbocycles. The van der Waals surface area contributed by atoms with Crippen molar-refractivity contribution in [2.45, 2.75) is 179 Å². The fourth-order valence-corrected chi connectivity index (χ4v) is 7.12. The lowest BCUT2D eigenvalue weighted by molar-refractivity contribution is -0.180. The van der Waals surface area contributed by atoms with Crippen molar-refractivity contribution >= 4 is 0 Å². The first-order chi connectivity index (χ1) is 19.1. The molecule has 0 aromatic rings. The largest absolute Gasteiger partial charge is 0.348 e. The Balaban J connectivity index is 1.31. The average Bonchev–Trinajstić information content (AvgIpc) is 3.63. The molecule has 42 heavy (non-hydrogen) atoms. The molecule has 0 radical (unpaired) electrons. The van der Waals surface area contributed by atoms with E-state index in [0.29, 0.717) is 13.2 Å². The number of rotatable bonds is 5. The molecule has 6 fully saturated rings. The Morgan fingerprint density at radius 2 is 0.500 bits per heavy atom. The summed E-state index contributed by atoms with van der Waals surface area (Å²) >= 11 is 0. The van der Waals surface area contributed by atoms with Gasteiger partial charge in [0.2, 0.25) is 0 Å². The normalized spacial score (nSPS) is 48.3. The molecule has 6 aliphatic heterocycles. The summed E-state index contributed by atoms with van der Waals surface area (Å²) < 4.78 is 76.6. The van der Waals surface area contributed by atoms with Gasteiger partial charge in [-0.1, -0.05) is 0 Å². The molecule has 6 rings (SSSR count). The maximum Gasteiger partial charge on any atom is 0.164 e. The minimum atomic E-state index is -0.930. The summed E-state index contributed by atoms with van der Waals surface area (Å²) in [6.07, 6.45) is -5.08. The summed E-state index contributed by atoms with van der Waals surface area (Å²) in [6, 6.07) is 0. The first-order valence-electron chi connectivity index (χ1n) is 15.2. The third kappa shape index (κ3) is 6.17. The van der Waals surface area contributed by atoms with E-state index in [9.17, 15) is 0 Å². The van der Waals surface area contributed by atoms with Crippen LogP contribution in [-0.4, -0.2) is 109 Å². The van der Waals surface area contributed by atoms with Crippen molar-refractivity contribution in [1.29, 1.82) is 0 Å². The maximum absolute atomic E-state index is 6.62. The number of ether oxygens (including phenoxy) is 12. The highest BCUT2D eigenvalue weighted by atomic mass is 16.8. The molecule has 0 aliphatic carbocycles. The fourth-order valence-electron chi connectivity index (χ4n) is 7.12. The van der Waals surface area contributed by atoms with Crippen LogP contribution in [0.15, 0.2) is 0 Å². The highest BCUT2D eigenvalue weighted by molar-refractivity contribution is 5.07. The van der Waals surface area contributed by atoms with Gasteiger partial charge in [-0.25, -0.2) is 0 Å². The summed E-state index contributed by atoms with van der Waals surface area (Å²) in [4.78, 5) is 0. The number of hydrogen-bond donors (Lipinski definition) is 0. The Morgan fingerprint density at radius 1 is 0.286 bits per heavy atom. The van der Waals surface area contributed by atoms with Crippen LogP contribution in [0.5, 0.6) is 0 Å². The SMILES string of the molecule is CC1(C)O[C@H]([C@H]2OC(C)(C)O[C@H]2[C@H]2OC(C)(C)O[C@@H]2[C@H]2COC(C)(C)O2)[C@H]([C@H]2OC(C)(C)O[C@@H]2[C@H]2COC(C)(C)O2)O1. The topological polar surface area (TPSA) is 111 Å². The van der Waals surface area contributed by atoms with Crippen molar-refractivity contribution < 1.29 is 56.8 Å². The minimum absolute atomic E-state index is 0.354. The molecule has 0 N–H and O–H groups in total. The zero-order chi connectivity index (χ0) is 30.7. The highest BCUT2D eigenvalue weighted by Gasteiger charge is 2.65. The van der Waals surface area contributed by atoms with E-state index < -0.39 is 83.6 Å². The second-order valence-electron chi connectivity index (χ2n) is 15.0. The summed E-state index contributed by atoms with van der Waals surface area (Å²) in [5.74, 6) is -5.06. The third-order valence-corrected chi connectivity index (χ3v) is 8.42. The first kappa shape index (κ1) is 31.5. The van der Waals surface area contributed by atoms with Crippen LogP contribution in [-0.2, 0) is 56.8 Å². The van der Waals surface area contributed by atoms with Gasteiger partial charge in [-0.05, 0) is 83.1 Å². The highest BCUT2D eigenvalue weighted by Crippen LogP contribution is 2.48. The zero-order valence-corrected chi connectivity index (χ0v) is 27.1. The van der Waals surface area contributed by atoms with Gasteiger partial charge < -0.3 is 56.8 Å². The van der Waals surface area contributed by atoms with Crippen molar-refractivity contribution in [1.82, 2.24) is 0 Å². The van der Waals surface area contributed by atoms with Crippen LogP contribution in [0.3, 0.4) is 0 Å². The van der Waals surface area contributed by atoms with Crippen molar-refractivity contribution in [2.24, 2.45) is 0 Å². The molecule has 0 spiro atoms. The van der Waals surface area contributed by atoms with Crippen LogP contribution in [0, 0.1) is 0 Å². The third-order valence-electron chi connectivity index (χ3n) is 8.42. The lowest BCUT2D eigenvalue weighted by Gasteiger charge is -2.34. The van der Waals surface area contributed by atoms with Gasteiger partial charge in [-0.2, -0.15) is 0 Å². The van der Waals surface area contributed by atoms with Gasteiger partial charge in [0.05, 0.1) is 13.2 Å². The van der Waals surface area contributed by atoms with Gasteiger partial charge >= 0.3 is 0 Å². The van der Waals surface area contributed by atoms with Crippen molar-refractivity contribution in [3.05, 3.63) is 0 Å². The van der Waals surface area contributed by atoms with E-state index in [4.69, 9.17) is 56.8 Å². The summed E-state index contributed by atoms with van der Waals surface area (Å²) in [7, 11) is 0. The van der Waals surface area contributed by atoms with Gasteiger partial charge in [0.25, 0.3) is 0 Å². The Kier molecular flexibility index (Phi) is 7.51. The number of hydrogen-bond acceptors (Lipinski definition) is 12. The smallest absolute Gasteiger partial charge is 0.164 e. The second-order valence-corrected chi connectivity index (χ2v) is 15.0. The van der Waals surface area contributed by atoms with Gasteiger partial charge in [0.1, 0.15) is 61.0 Å². The van der Waals surface area contributed by atoms with E-state index in [-0.39, 0.29) is 12.2 Å². The average molecular weight is 603 g/mol. The Bertz CT molecular complexity index is 944. The minimum Gasteiger partial charge on any atom is -0.348 e. The molecule has 12 nitrogen and oxygen atoms in total. The first-order valence-corrected chi connectivity index (χ1v) is 15.2. The van der Waals surface area contributed by atoms with Gasteiger partial charge in [-0.15, -0.1) is 0 Å². The van der Waals surface area contributed by atoms with Gasteiger partial charge in [0, 0.05) is 0 Å². The molecule has 6 aliphatic rings. The molecule has 10 atom stereocenters. The van der Waals surface area contributed by atoms with E-state index in [1.165, 1.54) is 0 Å². The van der Waals surface area contributed by atoms with Crippen LogP contribution >= 0.6 is 0 Å². The van der Waals surface area contributed by atoms with E-state index in [1.807, 2.05) is 83.1 Å². The molecule has 6 saturated heterocycles. The predicted molar refractivity (Wildman–Crippen MR) is 145 cm³/mol. The molecular weight excluding hydrogens is 552 g/mol. The maximum atomic E-state index is 6.62. The molecule has 0 saturated carbocycles. The molecule has 0 bridgehead atoms. The Morgan fingerprint density at radius 3 is 0.714 bits per heavy atom. The van der Waals surface area contributed by atoms with E-state index in [2.05, 4.69) is 0 Å². The quantitative estimate of drug-likeness (QED) is 0.460. The molecule has 0 amide bonds. The fraction of sp³-hybridized carbons (Fsp3) is 1.00. The monoisotopic (exact) mass is 602 g/mol. The van der Waals surface area contributed by atoms with Crippen LogP contribution in [0.1, 0.15) is 83.1 Å². The molecule has 242 valence electrons. The predicted octanol–water partition coefficient (Wildman–Crippen LogP) is 3.37. The summed E-state index contributed by atoms with van der Waals surface area (Å²) in [6.45, 7) is 23.4. The Labute approximate surface area is 249 Å². The molecule has 12 heteroatoms. The summed E-state index contributed by atoms with van der Waals surface area (Å²) in [5, 5.41) is 0. The molecule has 0 aromatic heterocycles. The van der Waals surface area contributed by atoms with Gasteiger partial charge in [0.15, 0.2) is 34.7 Å². The summed E-state index contributed by atoms with van der Waals surface area (Å²) in [5.41, 5.74) is 0. The zero-order valence-electron chi connectivity index (χ0n) is 27.1. The Hall–Kier alpha value is -0.480. The van der Waals surface area contributed by atoms with Crippen molar-refractivity contribution in [3.8, 4) is 0 Å².